The Labute approximate surface area is 167 Å². The molecule has 5 rings (SSSR count). The number of ether oxygens (including phenoxy) is 1. The molecule has 3 fully saturated rings. The third-order valence-electron chi connectivity index (χ3n) is 6.07. The fourth-order valence-corrected chi connectivity index (χ4v) is 4.67. The quantitative estimate of drug-likeness (QED) is 0.646. The minimum Gasteiger partial charge on any atom is -0.370 e. The van der Waals surface area contributed by atoms with Crippen LogP contribution in [0.15, 0.2) is 18.2 Å². The Morgan fingerprint density at radius 2 is 1.90 bits per heavy atom. The molecule has 0 saturated carbocycles. The summed E-state index contributed by atoms with van der Waals surface area (Å²) in [5.41, 5.74) is 1.46. The first-order valence-corrected chi connectivity index (χ1v) is 9.87. The van der Waals surface area contributed by atoms with Crippen LogP contribution in [0, 0.1) is 0 Å². The molecular weight excluding hydrogens is 376 g/mol. The van der Waals surface area contributed by atoms with Crippen molar-refractivity contribution >= 4 is 23.6 Å². The van der Waals surface area contributed by atoms with Gasteiger partial charge in [-0.1, -0.05) is 6.07 Å². The van der Waals surface area contributed by atoms with Gasteiger partial charge in [-0.3, -0.25) is 34.3 Å². The molecule has 29 heavy (non-hydrogen) atoms. The standard InChI is InChI=1S/C20H22N4O5/c25-16-4-3-15(17(26)22-16)24-18(27)13-2-1-12(7-14(13)19(24)28)8-23-10-20(11-23)9-21-5-6-29-20/h1-2,7,15,21H,3-6,8-11H2,(H,22,25,26). The number of nitrogens with zero attached hydrogens (tertiary/aromatic N) is 2. The highest BCUT2D eigenvalue weighted by Gasteiger charge is 2.46. The summed E-state index contributed by atoms with van der Waals surface area (Å²) in [5.74, 6) is -1.92. The van der Waals surface area contributed by atoms with Crippen molar-refractivity contribution < 1.29 is 23.9 Å². The van der Waals surface area contributed by atoms with Crippen LogP contribution >= 0.6 is 0 Å². The van der Waals surface area contributed by atoms with E-state index in [-0.39, 0.29) is 24.3 Å². The van der Waals surface area contributed by atoms with Crippen molar-refractivity contribution in [2.24, 2.45) is 0 Å². The van der Waals surface area contributed by atoms with E-state index in [1.165, 1.54) is 0 Å². The highest BCUT2D eigenvalue weighted by Crippen LogP contribution is 2.31. The van der Waals surface area contributed by atoms with E-state index in [1.807, 2.05) is 6.07 Å². The molecule has 1 aromatic carbocycles. The summed E-state index contributed by atoms with van der Waals surface area (Å²) in [4.78, 5) is 52.4. The number of carbonyl (C=O) groups excluding carboxylic acids is 4. The average molecular weight is 398 g/mol. The number of imide groups is 2. The molecule has 0 aliphatic carbocycles. The van der Waals surface area contributed by atoms with Crippen molar-refractivity contribution in [3.63, 3.8) is 0 Å². The van der Waals surface area contributed by atoms with Gasteiger partial charge in [-0.15, -0.1) is 0 Å². The Hall–Kier alpha value is -2.62. The second-order valence-corrected chi connectivity index (χ2v) is 8.18. The highest BCUT2D eigenvalue weighted by atomic mass is 16.5. The maximum atomic E-state index is 12.9. The van der Waals surface area contributed by atoms with E-state index in [0.717, 1.165) is 43.2 Å². The second-order valence-electron chi connectivity index (χ2n) is 8.18. The van der Waals surface area contributed by atoms with Gasteiger partial charge in [-0.2, -0.15) is 0 Å². The fourth-order valence-electron chi connectivity index (χ4n) is 4.67. The van der Waals surface area contributed by atoms with Crippen molar-refractivity contribution in [2.45, 2.75) is 31.0 Å². The molecule has 9 nitrogen and oxygen atoms in total. The highest BCUT2D eigenvalue weighted by molar-refractivity contribution is 6.23. The molecule has 1 atom stereocenters. The molecule has 1 unspecified atom stereocenters. The normalized spacial score (nSPS) is 26.5. The number of benzene rings is 1. The van der Waals surface area contributed by atoms with Gasteiger partial charge in [0.1, 0.15) is 11.6 Å². The number of hydrogen-bond donors (Lipinski definition) is 2. The molecule has 4 amide bonds. The maximum Gasteiger partial charge on any atom is 0.262 e. The molecule has 4 aliphatic heterocycles. The van der Waals surface area contributed by atoms with Crippen LogP contribution in [0.2, 0.25) is 0 Å². The molecule has 2 N–H and O–H groups in total. The van der Waals surface area contributed by atoms with Gasteiger partial charge < -0.3 is 10.1 Å². The number of nitrogens with one attached hydrogen (secondary N) is 2. The number of carbonyl (C=O) groups is 4. The summed E-state index contributed by atoms with van der Waals surface area (Å²) < 4.78 is 5.90. The summed E-state index contributed by atoms with van der Waals surface area (Å²) in [7, 11) is 0. The Bertz CT molecular complexity index is 915. The summed E-state index contributed by atoms with van der Waals surface area (Å²) in [6.07, 6.45) is 0.273. The van der Waals surface area contributed by atoms with Crippen molar-refractivity contribution in [1.29, 1.82) is 0 Å². The third-order valence-corrected chi connectivity index (χ3v) is 6.07. The SMILES string of the molecule is O=C1CCC(N2C(=O)c3ccc(CN4CC5(CNCCO5)C4)cc3C2=O)C(=O)N1. The van der Waals surface area contributed by atoms with Gasteiger partial charge in [-0.25, -0.2) is 0 Å². The molecule has 9 heteroatoms. The molecule has 0 bridgehead atoms. The van der Waals surface area contributed by atoms with Crippen molar-refractivity contribution in [2.75, 3.05) is 32.8 Å². The van der Waals surface area contributed by atoms with Gasteiger partial charge in [0.05, 0.1) is 17.7 Å². The Morgan fingerprint density at radius 3 is 2.62 bits per heavy atom. The number of likely N-dealkylation sites (tertiary alicyclic amines) is 1. The van der Waals surface area contributed by atoms with E-state index < -0.39 is 23.8 Å². The van der Waals surface area contributed by atoms with E-state index in [1.54, 1.807) is 12.1 Å². The third kappa shape index (κ3) is 3.06. The molecule has 0 radical (unpaired) electrons. The lowest BCUT2D eigenvalue weighted by Gasteiger charge is -2.51. The lowest BCUT2D eigenvalue weighted by atomic mass is 9.91. The van der Waals surface area contributed by atoms with Crippen molar-refractivity contribution in [1.82, 2.24) is 20.4 Å². The van der Waals surface area contributed by atoms with Gasteiger partial charge in [0, 0.05) is 39.1 Å². The second kappa shape index (κ2) is 6.72. The zero-order valence-electron chi connectivity index (χ0n) is 15.9. The molecule has 1 spiro atoms. The minimum absolute atomic E-state index is 0.108. The number of hydrogen-bond acceptors (Lipinski definition) is 7. The van der Waals surface area contributed by atoms with Crippen molar-refractivity contribution in [3.8, 4) is 0 Å². The largest absolute Gasteiger partial charge is 0.370 e. The van der Waals surface area contributed by atoms with Crippen LogP contribution in [0.4, 0.5) is 0 Å². The summed E-state index contributed by atoms with van der Waals surface area (Å²) in [5, 5.41) is 5.56. The van der Waals surface area contributed by atoms with Gasteiger partial charge in [-0.05, 0) is 24.1 Å². The summed E-state index contributed by atoms with van der Waals surface area (Å²) in [6.45, 7) is 4.77. The monoisotopic (exact) mass is 398 g/mol. The molecule has 1 aromatic rings. The maximum absolute atomic E-state index is 12.9. The predicted molar refractivity (Wildman–Crippen MR) is 99.9 cm³/mol. The Kier molecular flexibility index (Phi) is 4.27. The molecule has 4 heterocycles. The van der Waals surface area contributed by atoms with E-state index in [0.29, 0.717) is 17.7 Å². The number of amides is 4. The van der Waals surface area contributed by atoms with E-state index in [2.05, 4.69) is 15.5 Å². The van der Waals surface area contributed by atoms with Crippen LogP contribution < -0.4 is 10.6 Å². The zero-order valence-corrected chi connectivity index (χ0v) is 15.9. The average Bonchev–Trinajstić information content (AvgIpc) is 2.92. The number of fused-ring (bicyclic) bond motifs is 1. The first-order valence-electron chi connectivity index (χ1n) is 9.87. The fraction of sp³-hybridized carbons (Fsp3) is 0.500. The number of morpholine rings is 1. The van der Waals surface area contributed by atoms with Gasteiger partial charge in [0.2, 0.25) is 11.8 Å². The van der Waals surface area contributed by atoms with Crippen LogP contribution in [-0.2, 0) is 20.9 Å². The number of rotatable bonds is 3. The van der Waals surface area contributed by atoms with Crippen LogP contribution in [0.1, 0.15) is 39.1 Å². The van der Waals surface area contributed by atoms with E-state index >= 15 is 0 Å². The summed E-state index contributed by atoms with van der Waals surface area (Å²) in [6, 6.07) is 4.31. The van der Waals surface area contributed by atoms with Crippen LogP contribution in [-0.4, -0.2) is 77.9 Å². The van der Waals surface area contributed by atoms with Gasteiger partial charge in [0.15, 0.2) is 0 Å². The van der Waals surface area contributed by atoms with E-state index in [9.17, 15) is 19.2 Å². The van der Waals surface area contributed by atoms with Crippen molar-refractivity contribution in [3.05, 3.63) is 34.9 Å². The van der Waals surface area contributed by atoms with Crippen LogP contribution in [0.25, 0.3) is 0 Å². The summed E-state index contributed by atoms with van der Waals surface area (Å²) >= 11 is 0. The van der Waals surface area contributed by atoms with Crippen LogP contribution in [0.3, 0.4) is 0 Å². The Morgan fingerprint density at radius 1 is 1.10 bits per heavy atom. The van der Waals surface area contributed by atoms with Gasteiger partial charge >= 0.3 is 0 Å². The number of piperidine rings is 1. The molecule has 152 valence electrons. The topological polar surface area (TPSA) is 108 Å². The zero-order chi connectivity index (χ0) is 20.2. The molecule has 0 aromatic heterocycles. The lowest BCUT2D eigenvalue weighted by Crippen LogP contribution is -2.69. The van der Waals surface area contributed by atoms with Gasteiger partial charge in [0.25, 0.3) is 11.8 Å². The first-order chi connectivity index (χ1) is 14.0. The smallest absolute Gasteiger partial charge is 0.262 e. The predicted octanol–water partition coefficient (Wildman–Crippen LogP) is -0.738. The Balaban J connectivity index is 1.30. The van der Waals surface area contributed by atoms with E-state index in [4.69, 9.17) is 4.74 Å². The first kappa shape index (κ1) is 18.4. The molecular formula is C20H22N4O5. The molecule has 4 aliphatic rings. The van der Waals surface area contributed by atoms with Crippen LogP contribution in [0.5, 0.6) is 0 Å². The lowest BCUT2D eigenvalue weighted by molar-refractivity contribution is -0.158. The molecule has 3 saturated heterocycles. The minimum atomic E-state index is -0.935.